The van der Waals surface area contributed by atoms with Crippen molar-refractivity contribution in [1.82, 2.24) is 0 Å². The highest BCUT2D eigenvalue weighted by Crippen LogP contribution is 2.42. The molecule has 0 spiro atoms. The van der Waals surface area contributed by atoms with E-state index in [1.165, 1.54) is 20.5 Å². The number of thioether (sulfide) groups is 1. The second kappa shape index (κ2) is 8.88. The van der Waals surface area contributed by atoms with Crippen molar-refractivity contribution in [3.63, 3.8) is 0 Å². The fraction of sp³-hybridized carbons (Fsp3) is 0.130. The van der Waals surface area contributed by atoms with Gasteiger partial charge in [0.2, 0.25) is 0 Å². The number of amides is 2. The molecule has 0 saturated carbocycles. The summed E-state index contributed by atoms with van der Waals surface area (Å²) in [6.45, 7) is 0. The molecule has 0 fully saturated rings. The Morgan fingerprint density at radius 3 is 2.44 bits per heavy atom. The van der Waals surface area contributed by atoms with E-state index in [9.17, 15) is 18.4 Å². The second-order valence-corrected chi connectivity index (χ2v) is 7.67. The lowest BCUT2D eigenvalue weighted by atomic mass is 10.1. The molecule has 1 aromatic heterocycles. The normalized spacial score (nSPS) is 13.8. The third-order valence-electron chi connectivity index (χ3n) is 4.80. The molecule has 4 rings (SSSR count). The van der Waals surface area contributed by atoms with Gasteiger partial charge in [-0.25, -0.2) is 13.7 Å². The highest BCUT2D eigenvalue weighted by Gasteiger charge is 2.41. The van der Waals surface area contributed by atoms with Crippen molar-refractivity contribution in [1.29, 1.82) is 0 Å². The van der Waals surface area contributed by atoms with E-state index in [4.69, 9.17) is 13.9 Å². The molecule has 0 radical (unpaired) electrons. The number of imide groups is 1. The van der Waals surface area contributed by atoms with Gasteiger partial charge >= 0.3 is 0 Å². The van der Waals surface area contributed by atoms with Crippen LogP contribution in [0.5, 0.6) is 11.5 Å². The Kier molecular flexibility index (Phi) is 6.00. The monoisotopic (exact) mass is 457 g/mol. The van der Waals surface area contributed by atoms with Crippen LogP contribution in [0.15, 0.2) is 64.1 Å². The van der Waals surface area contributed by atoms with Crippen LogP contribution in [0.1, 0.15) is 11.3 Å². The molecule has 32 heavy (non-hydrogen) atoms. The van der Waals surface area contributed by atoms with Crippen LogP contribution in [0.25, 0.3) is 5.57 Å². The number of hydrogen-bond donors (Lipinski definition) is 0. The second-order valence-electron chi connectivity index (χ2n) is 6.68. The summed E-state index contributed by atoms with van der Waals surface area (Å²) in [6.07, 6.45) is 1.50. The number of anilines is 1. The van der Waals surface area contributed by atoms with Crippen molar-refractivity contribution in [2.45, 2.75) is 5.75 Å². The van der Waals surface area contributed by atoms with Gasteiger partial charge in [0.1, 0.15) is 17.4 Å². The summed E-state index contributed by atoms with van der Waals surface area (Å²) >= 11 is 1.07. The van der Waals surface area contributed by atoms with Gasteiger partial charge < -0.3 is 13.9 Å². The number of hydrogen-bond acceptors (Lipinski definition) is 6. The first-order valence-electron chi connectivity index (χ1n) is 9.40. The Hall–Kier alpha value is -3.59. The van der Waals surface area contributed by atoms with Crippen molar-refractivity contribution < 1.29 is 32.3 Å². The highest BCUT2D eigenvalue weighted by atomic mass is 32.2. The van der Waals surface area contributed by atoms with Crippen LogP contribution in [0, 0.1) is 11.6 Å². The van der Waals surface area contributed by atoms with Crippen LogP contribution in [-0.4, -0.2) is 26.0 Å². The van der Waals surface area contributed by atoms with Crippen LogP contribution < -0.4 is 14.4 Å². The number of ether oxygens (including phenoxy) is 2. The fourth-order valence-corrected chi connectivity index (χ4v) is 4.32. The van der Waals surface area contributed by atoms with Gasteiger partial charge in [-0.15, -0.1) is 11.8 Å². The summed E-state index contributed by atoms with van der Waals surface area (Å²) < 4.78 is 44.1. The molecule has 2 amide bonds. The van der Waals surface area contributed by atoms with E-state index in [-0.39, 0.29) is 16.2 Å². The van der Waals surface area contributed by atoms with Crippen LogP contribution in [0.2, 0.25) is 0 Å². The zero-order valence-corrected chi connectivity index (χ0v) is 17.9. The molecule has 0 N–H and O–H groups in total. The molecule has 0 aliphatic carbocycles. The van der Waals surface area contributed by atoms with E-state index in [1.54, 1.807) is 30.3 Å². The first-order chi connectivity index (χ1) is 15.4. The van der Waals surface area contributed by atoms with Crippen molar-refractivity contribution >= 4 is 34.8 Å². The molecule has 1 aliphatic heterocycles. The number of benzene rings is 2. The number of nitrogens with zero attached hydrogens (tertiary/aromatic N) is 1. The summed E-state index contributed by atoms with van der Waals surface area (Å²) in [6, 6.07) is 10.8. The number of halogens is 2. The molecule has 9 heteroatoms. The lowest BCUT2D eigenvalue weighted by Crippen LogP contribution is -2.32. The minimum Gasteiger partial charge on any atom is -0.493 e. The van der Waals surface area contributed by atoms with E-state index in [0.29, 0.717) is 27.7 Å². The summed E-state index contributed by atoms with van der Waals surface area (Å²) in [4.78, 5) is 27.3. The summed E-state index contributed by atoms with van der Waals surface area (Å²) in [7, 11) is 2.92. The van der Waals surface area contributed by atoms with Crippen molar-refractivity contribution in [3.05, 3.63) is 82.7 Å². The lowest BCUT2D eigenvalue weighted by molar-refractivity contribution is -0.119. The Bertz CT molecular complexity index is 1220. The Morgan fingerprint density at radius 2 is 1.75 bits per heavy atom. The summed E-state index contributed by atoms with van der Waals surface area (Å²) in [5, 5.41) is 0. The summed E-state index contributed by atoms with van der Waals surface area (Å²) in [5.41, 5.74) is -0.0231. The molecular weight excluding hydrogens is 440 g/mol. The van der Waals surface area contributed by atoms with Crippen molar-refractivity contribution in [3.8, 4) is 11.5 Å². The Labute approximate surface area is 186 Å². The minimum atomic E-state index is -0.892. The first-order valence-corrected chi connectivity index (χ1v) is 10.4. The van der Waals surface area contributed by atoms with Crippen LogP contribution in [0.4, 0.5) is 14.5 Å². The molecule has 2 aromatic carbocycles. The Morgan fingerprint density at radius 1 is 0.969 bits per heavy atom. The van der Waals surface area contributed by atoms with E-state index in [0.717, 1.165) is 30.0 Å². The van der Waals surface area contributed by atoms with Gasteiger partial charge in [-0.3, -0.25) is 9.59 Å². The maximum atomic E-state index is 14.5. The van der Waals surface area contributed by atoms with E-state index >= 15 is 0 Å². The quantitative estimate of drug-likeness (QED) is 0.475. The molecule has 164 valence electrons. The summed E-state index contributed by atoms with van der Waals surface area (Å²) in [5.74, 6) is -1.55. The van der Waals surface area contributed by atoms with Gasteiger partial charge in [0.05, 0.1) is 42.4 Å². The van der Waals surface area contributed by atoms with Crippen LogP contribution in [-0.2, 0) is 15.3 Å². The number of rotatable bonds is 7. The highest BCUT2D eigenvalue weighted by molar-refractivity contribution is 8.03. The van der Waals surface area contributed by atoms with Crippen molar-refractivity contribution in [2.75, 3.05) is 19.1 Å². The zero-order chi connectivity index (χ0) is 22.8. The lowest BCUT2D eigenvalue weighted by Gasteiger charge is -2.16. The van der Waals surface area contributed by atoms with E-state index in [1.807, 2.05) is 0 Å². The Balaban J connectivity index is 1.82. The number of furan rings is 1. The van der Waals surface area contributed by atoms with Gasteiger partial charge in [0.25, 0.3) is 11.8 Å². The standard InChI is InChI=1S/C23H17F2NO5S/c1-29-18-8-5-13(10-19(18)30-2)20-21(32-12-15-4-3-9-31-15)23(28)26(22(20)27)17-11-14(24)6-7-16(17)25/h3-11H,12H2,1-2H3. The number of carbonyl (C=O) groups excluding carboxylic acids is 2. The molecule has 3 aromatic rings. The smallest absolute Gasteiger partial charge is 0.272 e. The molecule has 0 unspecified atom stereocenters. The molecule has 2 heterocycles. The fourth-order valence-electron chi connectivity index (χ4n) is 3.30. The van der Waals surface area contributed by atoms with Gasteiger partial charge in [0, 0.05) is 6.07 Å². The maximum Gasteiger partial charge on any atom is 0.272 e. The van der Waals surface area contributed by atoms with Gasteiger partial charge in [-0.2, -0.15) is 0 Å². The van der Waals surface area contributed by atoms with Gasteiger partial charge in [0.15, 0.2) is 11.5 Å². The largest absolute Gasteiger partial charge is 0.493 e. The molecule has 0 atom stereocenters. The van der Waals surface area contributed by atoms with Gasteiger partial charge in [-0.1, -0.05) is 6.07 Å². The predicted octanol–water partition coefficient (Wildman–Crippen LogP) is 4.79. The molecule has 6 nitrogen and oxygen atoms in total. The molecule has 0 saturated heterocycles. The SMILES string of the molecule is COc1ccc(C2=C(SCc3ccco3)C(=O)N(c3cc(F)ccc3F)C2=O)cc1OC. The topological polar surface area (TPSA) is 69.0 Å². The third kappa shape index (κ3) is 3.87. The molecule has 1 aliphatic rings. The molecular formula is C23H17F2NO5S. The van der Waals surface area contributed by atoms with Gasteiger partial charge in [-0.05, 0) is 42.0 Å². The maximum absolute atomic E-state index is 14.5. The first kappa shape index (κ1) is 21.6. The van der Waals surface area contributed by atoms with E-state index < -0.39 is 29.1 Å². The van der Waals surface area contributed by atoms with Crippen LogP contribution >= 0.6 is 11.8 Å². The van der Waals surface area contributed by atoms with Crippen molar-refractivity contribution in [2.24, 2.45) is 0 Å². The molecule has 0 bridgehead atoms. The zero-order valence-electron chi connectivity index (χ0n) is 17.1. The van der Waals surface area contributed by atoms with E-state index in [2.05, 4.69) is 0 Å². The van der Waals surface area contributed by atoms with Crippen LogP contribution in [0.3, 0.4) is 0 Å². The minimum absolute atomic E-state index is 0.0520. The number of methoxy groups -OCH3 is 2. The number of carbonyl (C=O) groups is 2. The average molecular weight is 457 g/mol. The predicted molar refractivity (Wildman–Crippen MR) is 115 cm³/mol. The average Bonchev–Trinajstić information content (AvgIpc) is 3.39. The third-order valence-corrected chi connectivity index (χ3v) is 5.90.